The molecule has 0 aromatic heterocycles. The van der Waals surface area contributed by atoms with E-state index in [-0.39, 0.29) is 6.54 Å². The minimum Gasteiger partial charge on any atom is -0.496 e. The molecule has 0 fully saturated rings. The fourth-order valence-corrected chi connectivity index (χ4v) is 1.61. The second-order valence-corrected chi connectivity index (χ2v) is 3.94. The van der Waals surface area contributed by atoms with Crippen molar-refractivity contribution in [2.75, 3.05) is 20.2 Å². The summed E-state index contributed by atoms with van der Waals surface area (Å²) in [6.07, 6.45) is 5.14. The highest BCUT2D eigenvalue weighted by Gasteiger charge is 2.18. The zero-order chi connectivity index (χ0) is 14.4. The van der Waals surface area contributed by atoms with Crippen LogP contribution >= 0.6 is 0 Å². The normalized spacial score (nSPS) is 9.53. The predicted molar refractivity (Wildman–Crippen MR) is 70.1 cm³/mol. The zero-order valence-electron chi connectivity index (χ0n) is 10.8. The lowest BCUT2D eigenvalue weighted by Crippen LogP contribution is -2.36. The average Bonchev–Trinajstić information content (AvgIpc) is 2.37. The van der Waals surface area contributed by atoms with Gasteiger partial charge in [0.25, 0.3) is 5.91 Å². The van der Waals surface area contributed by atoms with Gasteiger partial charge in [-0.05, 0) is 24.6 Å². The lowest BCUT2D eigenvalue weighted by atomic mass is 10.1. The molecule has 0 saturated heterocycles. The molecule has 100 valence electrons. The number of rotatable bonds is 5. The van der Waals surface area contributed by atoms with Crippen molar-refractivity contribution in [3.05, 3.63) is 29.3 Å². The molecule has 0 unspecified atom stereocenters. The van der Waals surface area contributed by atoms with Crippen LogP contribution in [0.4, 0.5) is 0 Å². The van der Waals surface area contributed by atoms with Crippen LogP contribution < -0.4 is 4.74 Å². The minimum absolute atomic E-state index is 0.0542. The van der Waals surface area contributed by atoms with E-state index in [1.54, 1.807) is 18.2 Å². The van der Waals surface area contributed by atoms with Gasteiger partial charge in [0.15, 0.2) is 0 Å². The summed E-state index contributed by atoms with van der Waals surface area (Å²) in [5, 5.41) is 8.76. The van der Waals surface area contributed by atoms with E-state index in [2.05, 4.69) is 5.92 Å². The maximum Gasteiger partial charge on any atom is 0.323 e. The predicted octanol–water partition coefficient (Wildman–Crippen LogP) is 1.16. The molecule has 1 rings (SSSR count). The minimum atomic E-state index is -1.11. The Labute approximate surface area is 111 Å². The molecule has 19 heavy (non-hydrogen) atoms. The fourth-order valence-electron chi connectivity index (χ4n) is 1.61. The molecule has 0 heterocycles. The van der Waals surface area contributed by atoms with Crippen LogP contribution in [0.1, 0.15) is 15.9 Å². The van der Waals surface area contributed by atoms with Gasteiger partial charge in [0, 0.05) is 5.56 Å². The molecular formula is C14H15NO4. The van der Waals surface area contributed by atoms with Crippen molar-refractivity contribution in [1.29, 1.82) is 0 Å². The van der Waals surface area contributed by atoms with Crippen LogP contribution in [-0.2, 0) is 4.79 Å². The fraction of sp³-hybridized carbons (Fsp3) is 0.286. The molecule has 0 spiro atoms. The van der Waals surface area contributed by atoms with Gasteiger partial charge in [-0.25, -0.2) is 0 Å². The van der Waals surface area contributed by atoms with E-state index in [1.165, 1.54) is 7.11 Å². The summed E-state index contributed by atoms with van der Waals surface area (Å²) in [5.41, 5.74) is 1.24. The first kappa shape index (κ1) is 14.6. The second-order valence-electron chi connectivity index (χ2n) is 3.94. The molecular weight excluding hydrogens is 246 g/mol. The molecule has 5 nitrogen and oxygen atoms in total. The Kier molecular flexibility index (Phi) is 4.95. The molecule has 0 saturated carbocycles. The topological polar surface area (TPSA) is 66.8 Å². The van der Waals surface area contributed by atoms with Gasteiger partial charge in [-0.3, -0.25) is 9.59 Å². The van der Waals surface area contributed by atoms with Crippen molar-refractivity contribution >= 4 is 11.9 Å². The average molecular weight is 261 g/mol. The highest BCUT2D eigenvalue weighted by atomic mass is 16.5. The quantitative estimate of drug-likeness (QED) is 0.808. The molecule has 0 aliphatic heterocycles. The number of carbonyl (C=O) groups is 2. The number of aryl methyl sites for hydroxylation is 1. The van der Waals surface area contributed by atoms with Crippen LogP contribution in [0, 0.1) is 19.3 Å². The van der Waals surface area contributed by atoms with Crippen LogP contribution in [-0.4, -0.2) is 42.1 Å². The number of aliphatic carboxylic acids is 1. The number of ether oxygens (including phenoxy) is 1. The number of nitrogens with zero attached hydrogens (tertiary/aromatic N) is 1. The Balaban J connectivity index is 3.02. The first-order valence-electron chi connectivity index (χ1n) is 5.58. The standard InChI is InChI=1S/C14H15NO4/c1-4-7-15(9-13(16)17)14(18)11-6-5-10(2)12(8-11)19-3/h1,5-6,8H,7,9H2,2-3H3,(H,16,17). The SMILES string of the molecule is C#CCN(CC(=O)O)C(=O)c1ccc(C)c(OC)c1. The summed E-state index contributed by atoms with van der Waals surface area (Å²) in [7, 11) is 1.51. The lowest BCUT2D eigenvalue weighted by molar-refractivity contribution is -0.137. The molecule has 1 N–H and O–H groups in total. The first-order chi connectivity index (χ1) is 8.99. The smallest absolute Gasteiger partial charge is 0.323 e. The Morgan fingerprint density at radius 3 is 2.68 bits per heavy atom. The van der Waals surface area contributed by atoms with Crippen molar-refractivity contribution in [3.63, 3.8) is 0 Å². The molecule has 0 aliphatic rings. The molecule has 0 atom stereocenters. The first-order valence-corrected chi connectivity index (χ1v) is 5.58. The monoisotopic (exact) mass is 261 g/mol. The summed E-state index contributed by atoms with van der Waals surface area (Å²) in [6, 6.07) is 4.93. The molecule has 0 aliphatic carbocycles. The van der Waals surface area contributed by atoms with E-state index in [4.69, 9.17) is 16.3 Å². The Hall–Kier alpha value is -2.48. The molecule has 1 amide bonds. The number of benzene rings is 1. The van der Waals surface area contributed by atoms with Crippen LogP contribution in [0.25, 0.3) is 0 Å². The third-order valence-electron chi connectivity index (χ3n) is 2.55. The van der Waals surface area contributed by atoms with Crippen LogP contribution in [0.2, 0.25) is 0 Å². The maximum absolute atomic E-state index is 12.2. The van der Waals surface area contributed by atoms with Crippen LogP contribution in [0.3, 0.4) is 0 Å². The number of carboxylic acid groups (broad SMARTS) is 1. The Morgan fingerprint density at radius 2 is 2.16 bits per heavy atom. The summed E-state index contributed by atoms with van der Waals surface area (Å²) in [5.74, 6) is 1.31. The molecule has 0 bridgehead atoms. The molecule has 0 radical (unpaired) electrons. The number of carbonyl (C=O) groups excluding carboxylic acids is 1. The largest absolute Gasteiger partial charge is 0.496 e. The van der Waals surface area contributed by atoms with Gasteiger partial charge >= 0.3 is 5.97 Å². The van der Waals surface area contributed by atoms with E-state index in [0.717, 1.165) is 10.5 Å². The van der Waals surface area contributed by atoms with Gasteiger partial charge in [-0.2, -0.15) is 0 Å². The van der Waals surface area contributed by atoms with E-state index in [1.807, 2.05) is 6.92 Å². The highest BCUT2D eigenvalue weighted by molar-refractivity contribution is 5.96. The van der Waals surface area contributed by atoms with Crippen molar-refractivity contribution in [1.82, 2.24) is 4.90 Å². The number of terminal acetylenes is 1. The number of methoxy groups -OCH3 is 1. The number of amides is 1. The summed E-state index contributed by atoms with van der Waals surface area (Å²) < 4.78 is 5.13. The Morgan fingerprint density at radius 1 is 1.47 bits per heavy atom. The summed E-state index contributed by atoms with van der Waals surface area (Å²) in [4.78, 5) is 24.0. The number of carboxylic acids is 1. The van der Waals surface area contributed by atoms with Gasteiger partial charge in [0.2, 0.25) is 0 Å². The molecule has 1 aromatic rings. The third kappa shape index (κ3) is 3.75. The third-order valence-corrected chi connectivity index (χ3v) is 2.55. The number of hydrogen-bond acceptors (Lipinski definition) is 3. The highest BCUT2D eigenvalue weighted by Crippen LogP contribution is 2.19. The van der Waals surface area contributed by atoms with E-state index in [9.17, 15) is 9.59 Å². The van der Waals surface area contributed by atoms with Crippen molar-refractivity contribution in [3.8, 4) is 18.1 Å². The van der Waals surface area contributed by atoms with E-state index >= 15 is 0 Å². The van der Waals surface area contributed by atoms with E-state index < -0.39 is 18.4 Å². The Bertz CT molecular complexity index is 531. The number of hydrogen-bond donors (Lipinski definition) is 1. The molecule has 1 aromatic carbocycles. The van der Waals surface area contributed by atoms with Gasteiger partial charge in [0.1, 0.15) is 12.3 Å². The van der Waals surface area contributed by atoms with Gasteiger partial charge in [0.05, 0.1) is 13.7 Å². The summed E-state index contributed by atoms with van der Waals surface area (Å²) >= 11 is 0. The van der Waals surface area contributed by atoms with E-state index in [0.29, 0.717) is 11.3 Å². The maximum atomic E-state index is 12.2. The van der Waals surface area contributed by atoms with Crippen molar-refractivity contribution in [2.24, 2.45) is 0 Å². The van der Waals surface area contributed by atoms with Crippen LogP contribution in [0.5, 0.6) is 5.75 Å². The zero-order valence-corrected chi connectivity index (χ0v) is 10.8. The second kappa shape index (κ2) is 6.45. The van der Waals surface area contributed by atoms with Crippen LogP contribution in [0.15, 0.2) is 18.2 Å². The van der Waals surface area contributed by atoms with Gasteiger partial charge in [-0.15, -0.1) is 6.42 Å². The summed E-state index contributed by atoms with van der Waals surface area (Å²) in [6.45, 7) is 1.37. The van der Waals surface area contributed by atoms with Crippen molar-refractivity contribution in [2.45, 2.75) is 6.92 Å². The van der Waals surface area contributed by atoms with Crippen molar-refractivity contribution < 1.29 is 19.4 Å². The lowest BCUT2D eigenvalue weighted by Gasteiger charge is -2.18. The molecule has 5 heteroatoms. The van der Waals surface area contributed by atoms with Gasteiger partial charge in [-0.1, -0.05) is 12.0 Å². The van der Waals surface area contributed by atoms with Gasteiger partial charge < -0.3 is 14.7 Å².